The van der Waals surface area contributed by atoms with Gasteiger partial charge in [-0.15, -0.1) is 0 Å². The molecule has 1 unspecified atom stereocenters. The highest BCUT2D eigenvalue weighted by Crippen LogP contribution is 2.31. The molecule has 1 aliphatic rings. The van der Waals surface area contributed by atoms with Gasteiger partial charge in [0, 0.05) is 17.0 Å². The van der Waals surface area contributed by atoms with Gasteiger partial charge in [-0.3, -0.25) is 4.79 Å². The summed E-state index contributed by atoms with van der Waals surface area (Å²) >= 11 is 0. The van der Waals surface area contributed by atoms with Crippen LogP contribution in [-0.2, 0) is 15.3 Å². The van der Waals surface area contributed by atoms with Crippen molar-refractivity contribution in [2.75, 3.05) is 16.8 Å². The number of amides is 1. The van der Waals surface area contributed by atoms with Crippen molar-refractivity contribution in [3.63, 3.8) is 0 Å². The van der Waals surface area contributed by atoms with Gasteiger partial charge in [-0.2, -0.15) is 5.10 Å². The minimum Gasteiger partial charge on any atom is -0.491 e. The predicted octanol–water partition coefficient (Wildman–Crippen LogP) is 3.58. The first-order valence-corrected chi connectivity index (χ1v) is 11.7. The average Bonchev–Trinajstić information content (AvgIpc) is 3.17. The van der Waals surface area contributed by atoms with Crippen LogP contribution in [-0.4, -0.2) is 41.7 Å². The summed E-state index contributed by atoms with van der Waals surface area (Å²) in [7, 11) is -3.07. The molecule has 3 rings (SSSR count). The second-order valence-corrected chi connectivity index (χ2v) is 11.0. The van der Waals surface area contributed by atoms with E-state index >= 15 is 0 Å². The van der Waals surface area contributed by atoms with Gasteiger partial charge in [-0.25, -0.2) is 13.1 Å². The van der Waals surface area contributed by atoms with Gasteiger partial charge in [0.05, 0.1) is 29.3 Å². The quantitative estimate of drug-likeness (QED) is 0.800. The first-order valence-electron chi connectivity index (χ1n) is 9.83. The van der Waals surface area contributed by atoms with E-state index in [1.165, 1.54) is 0 Å². The van der Waals surface area contributed by atoms with Crippen LogP contribution in [0.1, 0.15) is 63.1 Å². The summed E-state index contributed by atoms with van der Waals surface area (Å²) in [6, 6.07) is 8.50. The number of anilines is 1. The first-order chi connectivity index (χ1) is 13.4. The van der Waals surface area contributed by atoms with E-state index in [0.717, 1.165) is 5.69 Å². The molecule has 0 aliphatic carbocycles. The summed E-state index contributed by atoms with van der Waals surface area (Å²) < 4.78 is 31.2. The van der Waals surface area contributed by atoms with E-state index in [1.54, 1.807) is 28.9 Å². The zero-order chi connectivity index (χ0) is 21.4. The van der Waals surface area contributed by atoms with Gasteiger partial charge in [-0.05, 0) is 44.5 Å². The van der Waals surface area contributed by atoms with Crippen LogP contribution >= 0.6 is 0 Å². The lowest BCUT2D eigenvalue weighted by Crippen LogP contribution is -2.20. The van der Waals surface area contributed by atoms with Gasteiger partial charge in [0.1, 0.15) is 11.6 Å². The van der Waals surface area contributed by atoms with Gasteiger partial charge < -0.3 is 10.1 Å². The second-order valence-electron chi connectivity index (χ2n) is 8.81. The van der Waals surface area contributed by atoms with Crippen LogP contribution in [0.2, 0.25) is 0 Å². The summed E-state index contributed by atoms with van der Waals surface area (Å²) in [6.07, 6.45) is 0.556. The lowest BCUT2D eigenvalue weighted by atomic mass is 9.92. The summed E-state index contributed by atoms with van der Waals surface area (Å²) in [5.74, 6) is 1.14. The van der Waals surface area contributed by atoms with Crippen LogP contribution in [0.4, 0.5) is 5.82 Å². The van der Waals surface area contributed by atoms with Crippen molar-refractivity contribution >= 4 is 21.6 Å². The molecule has 29 heavy (non-hydrogen) atoms. The zero-order valence-electron chi connectivity index (χ0n) is 17.6. The number of hydrogen-bond donors (Lipinski definition) is 1. The van der Waals surface area contributed by atoms with Crippen LogP contribution < -0.4 is 10.1 Å². The Morgan fingerprint density at radius 1 is 1.24 bits per heavy atom. The van der Waals surface area contributed by atoms with E-state index in [-0.39, 0.29) is 35.0 Å². The van der Waals surface area contributed by atoms with E-state index in [9.17, 15) is 13.2 Å². The molecule has 8 heteroatoms. The number of nitrogens with one attached hydrogen (secondary N) is 1. The van der Waals surface area contributed by atoms with Crippen LogP contribution in [0.25, 0.3) is 0 Å². The van der Waals surface area contributed by atoms with Gasteiger partial charge in [0.2, 0.25) is 0 Å². The molecule has 1 fully saturated rings. The van der Waals surface area contributed by atoms with Crippen LogP contribution in [0.3, 0.4) is 0 Å². The smallest absolute Gasteiger partial charge is 0.256 e. The van der Waals surface area contributed by atoms with Crippen LogP contribution in [0, 0.1) is 0 Å². The molecule has 0 bridgehead atoms. The number of sulfone groups is 1. The molecule has 1 aromatic heterocycles. The second kappa shape index (κ2) is 7.82. The maximum atomic E-state index is 12.8. The van der Waals surface area contributed by atoms with Gasteiger partial charge in [0.15, 0.2) is 9.84 Å². The number of carbonyl (C=O) groups is 1. The Balaban J connectivity index is 1.85. The van der Waals surface area contributed by atoms with Crippen molar-refractivity contribution in [3.05, 3.63) is 41.6 Å². The molecule has 1 amide bonds. The fourth-order valence-electron chi connectivity index (χ4n) is 3.25. The van der Waals surface area contributed by atoms with E-state index in [2.05, 4.69) is 10.4 Å². The number of aromatic nitrogens is 2. The Bertz CT molecular complexity index is 986. The molecule has 2 heterocycles. The molecular formula is C21H29N3O4S. The maximum Gasteiger partial charge on any atom is 0.256 e. The number of ether oxygens (including phenoxy) is 1. The lowest BCUT2D eigenvalue weighted by Gasteiger charge is -2.15. The Labute approximate surface area is 172 Å². The van der Waals surface area contributed by atoms with Crippen molar-refractivity contribution < 1.29 is 17.9 Å². The summed E-state index contributed by atoms with van der Waals surface area (Å²) in [5, 5.41) is 7.55. The normalized spacial score (nSPS) is 18.8. The minimum absolute atomic E-state index is 0.0440. The molecule has 1 saturated heterocycles. The molecule has 1 aromatic carbocycles. The monoisotopic (exact) mass is 419 g/mol. The molecular weight excluding hydrogens is 390 g/mol. The van der Waals surface area contributed by atoms with Gasteiger partial charge >= 0.3 is 0 Å². The predicted molar refractivity (Wildman–Crippen MR) is 113 cm³/mol. The lowest BCUT2D eigenvalue weighted by molar-refractivity contribution is 0.102. The highest BCUT2D eigenvalue weighted by atomic mass is 32.2. The summed E-state index contributed by atoms with van der Waals surface area (Å²) in [5.41, 5.74) is 1.07. The summed E-state index contributed by atoms with van der Waals surface area (Å²) in [4.78, 5) is 12.8. The van der Waals surface area contributed by atoms with Gasteiger partial charge in [0.25, 0.3) is 5.91 Å². The summed E-state index contributed by atoms with van der Waals surface area (Å²) in [6.45, 7) is 9.98. The molecule has 2 aromatic rings. The van der Waals surface area contributed by atoms with Crippen molar-refractivity contribution in [2.24, 2.45) is 0 Å². The number of benzene rings is 1. The first kappa shape index (κ1) is 21.4. The van der Waals surface area contributed by atoms with Crippen molar-refractivity contribution in [3.8, 4) is 5.75 Å². The van der Waals surface area contributed by atoms with E-state index in [0.29, 0.717) is 23.6 Å². The highest BCUT2D eigenvalue weighted by Gasteiger charge is 2.33. The van der Waals surface area contributed by atoms with Crippen molar-refractivity contribution in [2.45, 2.75) is 58.6 Å². The Kier molecular flexibility index (Phi) is 5.76. The SMILES string of the molecule is CC(C)Oc1ccc(C(=O)Nc2cc(C(C)(C)C)nn2C2CCS(=O)(=O)C2)cc1. The largest absolute Gasteiger partial charge is 0.491 e. The molecule has 158 valence electrons. The molecule has 0 radical (unpaired) electrons. The number of nitrogens with zero attached hydrogens (tertiary/aromatic N) is 2. The Morgan fingerprint density at radius 2 is 1.90 bits per heavy atom. The fraction of sp³-hybridized carbons (Fsp3) is 0.524. The van der Waals surface area contributed by atoms with E-state index in [1.807, 2.05) is 40.7 Å². The molecule has 1 atom stereocenters. The Hall–Kier alpha value is -2.35. The minimum atomic E-state index is -3.07. The average molecular weight is 420 g/mol. The molecule has 0 spiro atoms. The third-order valence-electron chi connectivity index (χ3n) is 4.79. The third kappa shape index (κ3) is 5.18. The van der Waals surface area contributed by atoms with Gasteiger partial charge in [-0.1, -0.05) is 20.8 Å². The molecule has 0 saturated carbocycles. The van der Waals surface area contributed by atoms with Crippen molar-refractivity contribution in [1.29, 1.82) is 0 Å². The van der Waals surface area contributed by atoms with Crippen LogP contribution in [0.15, 0.2) is 30.3 Å². The number of carbonyl (C=O) groups excluding carboxylic acids is 1. The molecule has 7 nitrogen and oxygen atoms in total. The Morgan fingerprint density at radius 3 is 2.41 bits per heavy atom. The van der Waals surface area contributed by atoms with E-state index in [4.69, 9.17) is 4.74 Å². The fourth-order valence-corrected chi connectivity index (χ4v) is 4.94. The molecule has 1 N–H and O–H groups in total. The van der Waals surface area contributed by atoms with Crippen LogP contribution in [0.5, 0.6) is 5.75 Å². The highest BCUT2D eigenvalue weighted by molar-refractivity contribution is 7.91. The maximum absolute atomic E-state index is 12.8. The van der Waals surface area contributed by atoms with E-state index < -0.39 is 9.84 Å². The number of hydrogen-bond acceptors (Lipinski definition) is 5. The molecule has 1 aliphatic heterocycles. The van der Waals surface area contributed by atoms with Crippen molar-refractivity contribution in [1.82, 2.24) is 9.78 Å². The standard InChI is InChI=1S/C21H29N3O4S/c1-14(2)28-17-8-6-15(7-9-17)20(25)22-19-12-18(21(3,4)5)23-24(19)16-10-11-29(26,27)13-16/h6-9,12,14,16H,10-11,13H2,1-5H3,(H,22,25). The topological polar surface area (TPSA) is 90.3 Å². The zero-order valence-corrected chi connectivity index (χ0v) is 18.4. The number of rotatable bonds is 5. The third-order valence-corrected chi connectivity index (χ3v) is 6.54.